The first-order chi connectivity index (χ1) is 16.1. The monoisotopic (exact) mass is 466 g/mol. The summed E-state index contributed by atoms with van der Waals surface area (Å²) in [6, 6.07) is 12.2. The van der Waals surface area contributed by atoms with Gasteiger partial charge in [-0.3, -0.25) is 19.4 Å². The minimum absolute atomic E-state index is 0.219. The molecule has 0 saturated carbocycles. The van der Waals surface area contributed by atoms with Gasteiger partial charge in [0.1, 0.15) is 17.9 Å². The molecule has 2 aromatic carbocycles. The zero-order valence-corrected chi connectivity index (χ0v) is 19.6. The number of aromatic nitrogens is 2. The summed E-state index contributed by atoms with van der Waals surface area (Å²) in [4.78, 5) is 29.2. The number of phenols is 1. The van der Waals surface area contributed by atoms with Gasteiger partial charge in [0.15, 0.2) is 0 Å². The second-order valence-electron chi connectivity index (χ2n) is 9.57. The minimum Gasteiger partial charge on any atom is -0.508 e. The molecule has 0 unspecified atom stereocenters. The minimum atomic E-state index is -0.636. The maximum atomic E-state index is 12.8. The molecule has 4 rings (SSSR count). The molecule has 9 heteroatoms. The molecule has 0 radical (unpaired) electrons. The highest BCUT2D eigenvalue weighted by Gasteiger charge is 2.25. The van der Waals surface area contributed by atoms with Crippen molar-refractivity contribution >= 4 is 22.6 Å². The third-order valence-electron chi connectivity index (χ3n) is 5.86. The van der Waals surface area contributed by atoms with Gasteiger partial charge in [-0.1, -0.05) is 12.1 Å². The Morgan fingerprint density at radius 1 is 1.15 bits per heavy atom. The van der Waals surface area contributed by atoms with Gasteiger partial charge in [0.2, 0.25) is 0 Å². The highest BCUT2D eigenvalue weighted by Crippen LogP contribution is 2.30. The van der Waals surface area contributed by atoms with E-state index in [0.717, 1.165) is 18.0 Å². The molecule has 2 N–H and O–H groups in total. The largest absolute Gasteiger partial charge is 0.508 e. The number of phenolic OH excluding ortho intramolecular Hbond substituents is 1. The van der Waals surface area contributed by atoms with Crippen LogP contribution in [-0.4, -0.2) is 49.5 Å². The van der Waals surface area contributed by atoms with Crippen molar-refractivity contribution in [3.05, 3.63) is 64.7 Å². The van der Waals surface area contributed by atoms with Crippen LogP contribution in [0.15, 0.2) is 53.6 Å². The molecule has 0 amide bonds. The number of benzene rings is 2. The van der Waals surface area contributed by atoms with Crippen molar-refractivity contribution in [2.24, 2.45) is 0 Å². The van der Waals surface area contributed by atoms with Crippen molar-refractivity contribution in [3.8, 4) is 5.75 Å². The number of hydrazine groups is 1. The van der Waals surface area contributed by atoms with E-state index < -0.39 is 11.6 Å². The van der Waals surface area contributed by atoms with Gasteiger partial charge in [-0.05, 0) is 75.4 Å². The number of carbonyl (C=O) groups is 1. The maximum Gasteiger partial charge on any atom is 0.326 e. The molecule has 180 valence electrons. The SMILES string of the molecule is CC(C)(C)OC(=O)Cn1cnc2cc(N(O)N3CCC(c4ccc(O)cc4)CC3)ccc2c1=O. The summed E-state index contributed by atoms with van der Waals surface area (Å²) in [5, 5.41) is 23.6. The molecule has 0 bridgehead atoms. The van der Waals surface area contributed by atoms with Crippen LogP contribution >= 0.6 is 0 Å². The Morgan fingerprint density at radius 2 is 1.82 bits per heavy atom. The number of ether oxygens (including phenoxy) is 1. The van der Waals surface area contributed by atoms with E-state index >= 15 is 0 Å². The maximum absolute atomic E-state index is 12.8. The van der Waals surface area contributed by atoms with Crippen LogP contribution in [-0.2, 0) is 16.1 Å². The molecule has 1 saturated heterocycles. The van der Waals surface area contributed by atoms with E-state index in [1.165, 1.54) is 16.5 Å². The number of nitrogens with zero attached hydrogens (tertiary/aromatic N) is 4. The Bertz CT molecular complexity index is 1220. The summed E-state index contributed by atoms with van der Waals surface area (Å²) in [6.07, 6.45) is 3.05. The molecule has 0 aliphatic carbocycles. The van der Waals surface area contributed by atoms with Crippen LogP contribution in [0.2, 0.25) is 0 Å². The summed E-state index contributed by atoms with van der Waals surface area (Å²) in [6.45, 7) is 6.40. The normalized spacial score (nSPS) is 15.4. The fourth-order valence-electron chi connectivity index (χ4n) is 4.20. The van der Waals surface area contributed by atoms with Crippen LogP contribution in [0.5, 0.6) is 5.75 Å². The van der Waals surface area contributed by atoms with Gasteiger partial charge in [-0.2, -0.15) is 10.2 Å². The molecule has 1 fully saturated rings. The van der Waals surface area contributed by atoms with Gasteiger partial charge in [-0.25, -0.2) is 4.98 Å². The lowest BCUT2D eigenvalue weighted by Gasteiger charge is -2.37. The van der Waals surface area contributed by atoms with Crippen molar-refractivity contribution in [1.82, 2.24) is 14.6 Å². The molecule has 1 aliphatic rings. The Morgan fingerprint density at radius 3 is 2.47 bits per heavy atom. The van der Waals surface area contributed by atoms with E-state index in [2.05, 4.69) is 4.98 Å². The average molecular weight is 467 g/mol. The molecule has 1 aromatic heterocycles. The zero-order chi connectivity index (χ0) is 24.5. The van der Waals surface area contributed by atoms with Crippen LogP contribution < -0.4 is 10.7 Å². The Hall–Kier alpha value is -3.43. The summed E-state index contributed by atoms with van der Waals surface area (Å²) in [5.74, 6) is 0.112. The van der Waals surface area contributed by atoms with E-state index in [0.29, 0.717) is 35.6 Å². The number of piperidine rings is 1. The number of anilines is 1. The second-order valence-corrected chi connectivity index (χ2v) is 9.57. The van der Waals surface area contributed by atoms with Crippen LogP contribution in [0, 0.1) is 0 Å². The van der Waals surface area contributed by atoms with Crippen molar-refractivity contribution in [2.75, 3.05) is 18.3 Å². The van der Waals surface area contributed by atoms with E-state index in [1.54, 1.807) is 51.1 Å². The molecule has 34 heavy (non-hydrogen) atoms. The van der Waals surface area contributed by atoms with Gasteiger partial charge in [-0.15, -0.1) is 0 Å². The Kier molecular flexibility index (Phi) is 6.58. The first kappa shape index (κ1) is 23.7. The highest BCUT2D eigenvalue weighted by atomic mass is 16.6. The first-order valence-corrected chi connectivity index (χ1v) is 11.3. The molecular formula is C25H30N4O5. The predicted octanol–water partition coefficient (Wildman–Crippen LogP) is 3.43. The fourth-order valence-corrected chi connectivity index (χ4v) is 4.20. The summed E-state index contributed by atoms with van der Waals surface area (Å²) in [5.41, 5.74) is 1.14. The standard InChI is InChI=1S/C25H30N4O5/c1-25(2,3)34-23(31)15-27-16-26-22-14-19(6-9-21(22)24(27)32)29(33)28-12-10-18(11-13-28)17-4-7-20(30)8-5-17/h4-9,14,16,18,30,33H,10-13,15H2,1-3H3. The van der Waals surface area contributed by atoms with Crippen LogP contribution in [0.25, 0.3) is 10.9 Å². The Labute approximate surface area is 197 Å². The van der Waals surface area contributed by atoms with E-state index in [9.17, 15) is 19.9 Å². The number of fused-ring (bicyclic) bond motifs is 1. The number of carbonyl (C=O) groups excluding carboxylic acids is 1. The van der Waals surface area contributed by atoms with E-state index in [4.69, 9.17) is 4.74 Å². The van der Waals surface area contributed by atoms with E-state index in [-0.39, 0.29) is 17.9 Å². The smallest absolute Gasteiger partial charge is 0.326 e. The lowest BCUT2D eigenvalue weighted by atomic mass is 9.90. The third kappa shape index (κ3) is 5.37. The molecular weight excluding hydrogens is 436 g/mol. The first-order valence-electron chi connectivity index (χ1n) is 11.3. The van der Waals surface area contributed by atoms with Gasteiger partial charge in [0.05, 0.1) is 22.9 Å². The second kappa shape index (κ2) is 9.44. The van der Waals surface area contributed by atoms with Crippen LogP contribution in [0.4, 0.5) is 5.69 Å². The quantitative estimate of drug-likeness (QED) is 0.435. The number of aromatic hydroxyl groups is 1. The molecule has 9 nitrogen and oxygen atoms in total. The number of hydrogen-bond donors (Lipinski definition) is 2. The average Bonchev–Trinajstić information content (AvgIpc) is 2.80. The zero-order valence-electron chi connectivity index (χ0n) is 19.6. The summed E-state index contributed by atoms with van der Waals surface area (Å²) < 4.78 is 6.51. The van der Waals surface area contributed by atoms with Crippen LogP contribution in [0.3, 0.4) is 0 Å². The molecule has 0 spiro atoms. The van der Waals surface area contributed by atoms with Crippen LogP contribution in [0.1, 0.15) is 45.1 Å². The van der Waals surface area contributed by atoms with Gasteiger partial charge in [0, 0.05) is 13.1 Å². The number of rotatable bonds is 5. The molecule has 3 aromatic rings. The Balaban J connectivity index is 1.45. The van der Waals surface area contributed by atoms with E-state index in [1.807, 2.05) is 17.1 Å². The van der Waals surface area contributed by atoms with Gasteiger partial charge >= 0.3 is 5.97 Å². The fraction of sp³-hybridized carbons (Fsp3) is 0.400. The predicted molar refractivity (Wildman–Crippen MR) is 128 cm³/mol. The lowest BCUT2D eigenvalue weighted by molar-refractivity contribution is -0.155. The van der Waals surface area contributed by atoms with Crippen molar-refractivity contribution in [3.63, 3.8) is 0 Å². The third-order valence-corrected chi connectivity index (χ3v) is 5.86. The number of esters is 1. The molecule has 2 heterocycles. The lowest BCUT2D eigenvalue weighted by Crippen LogP contribution is -2.45. The van der Waals surface area contributed by atoms with Crippen molar-refractivity contribution < 1.29 is 19.8 Å². The number of hydrogen-bond acceptors (Lipinski definition) is 8. The van der Waals surface area contributed by atoms with Crippen molar-refractivity contribution in [2.45, 2.75) is 51.7 Å². The summed E-state index contributed by atoms with van der Waals surface area (Å²) in [7, 11) is 0. The summed E-state index contributed by atoms with van der Waals surface area (Å²) >= 11 is 0. The van der Waals surface area contributed by atoms with Gasteiger partial charge < -0.3 is 9.84 Å². The molecule has 0 atom stereocenters. The highest BCUT2D eigenvalue weighted by molar-refractivity contribution is 5.81. The molecule has 1 aliphatic heterocycles. The van der Waals surface area contributed by atoms with Gasteiger partial charge in [0.25, 0.3) is 5.56 Å². The van der Waals surface area contributed by atoms with Crippen molar-refractivity contribution in [1.29, 1.82) is 0 Å². The topological polar surface area (TPSA) is 108 Å².